The number of rotatable bonds is 6. The number of hydrogen-bond donors (Lipinski definition) is 1. The van der Waals surface area contributed by atoms with Crippen LogP contribution in [0.15, 0.2) is 29.1 Å². The minimum Gasteiger partial charge on any atom is -0.349 e. The van der Waals surface area contributed by atoms with Gasteiger partial charge in [0.25, 0.3) is 5.91 Å². The lowest BCUT2D eigenvalue weighted by Crippen LogP contribution is -2.36. The van der Waals surface area contributed by atoms with Gasteiger partial charge in [0.2, 0.25) is 5.91 Å². The minimum absolute atomic E-state index is 0.0187. The van der Waals surface area contributed by atoms with Crippen LogP contribution in [-0.2, 0) is 24.3 Å². The first-order chi connectivity index (χ1) is 14.9. The van der Waals surface area contributed by atoms with Gasteiger partial charge >= 0.3 is 5.69 Å². The van der Waals surface area contributed by atoms with Crippen LogP contribution in [0.25, 0.3) is 0 Å². The van der Waals surface area contributed by atoms with Crippen LogP contribution in [0, 0.1) is 5.92 Å². The van der Waals surface area contributed by atoms with Crippen molar-refractivity contribution in [1.82, 2.24) is 19.7 Å². The van der Waals surface area contributed by atoms with Crippen molar-refractivity contribution in [2.24, 2.45) is 5.92 Å². The number of carbonyl (C=O) groups excluding carboxylic acids is 2. The lowest BCUT2D eigenvalue weighted by molar-refractivity contribution is -0.117. The van der Waals surface area contributed by atoms with Gasteiger partial charge in [-0.3, -0.25) is 14.2 Å². The first-order valence-corrected chi connectivity index (χ1v) is 11.3. The summed E-state index contributed by atoms with van der Waals surface area (Å²) >= 11 is 0. The maximum atomic E-state index is 12.9. The van der Waals surface area contributed by atoms with Crippen LogP contribution < -0.4 is 15.9 Å². The third-order valence-electron chi connectivity index (χ3n) is 6.16. The fourth-order valence-corrected chi connectivity index (χ4v) is 4.30. The molecule has 31 heavy (non-hydrogen) atoms. The summed E-state index contributed by atoms with van der Waals surface area (Å²) < 4.78 is 3.34. The number of carbonyl (C=O) groups is 2. The number of anilines is 1. The third-order valence-corrected chi connectivity index (χ3v) is 6.16. The Balaban J connectivity index is 1.39. The van der Waals surface area contributed by atoms with Gasteiger partial charge in [0.05, 0.1) is 0 Å². The molecule has 1 atom stereocenters. The quantitative estimate of drug-likeness (QED) is 0.769. The lowest BCUT2D eigenvalue weighted by Gasteiger charge is -2.18. The van der Waals surface area contributed by atoms with Crippen LogP contribution in [0.2, 0.25) is 0 Å². The molecule has 2 aromatic rings. The Kier molecular flexibility index (Phi) is 6.25. The third kappa shape index (κ3) is 4.73. The molecule has 1 aromatic carbocycles. The molecule has 8 nitrogen and oxygen atoms in total. The van der Waals surface area contributed by atoms with Gasteiger partial charge in [0.1, 0.15) is 5.82 Å². The monoisotopic (exact) mass is 425 g/mol. The van der Waals surface area contributed by atoms with Crippen LogP contribution in [0.3, 0.4) is 0 Å². The molecule has 4 rings (SSSR count). The molecule has 0 aliphatic carbocycles. The van der Waals surface area contributed by atoms with E-state index in [4.69, 9.17) is 0 Å². The molecule has 1 N–H and O–H groups in total. The number of nitrogens with one attached hydrogen (secondary N) is 1. The molecule has 0 radical (unpaired) electrons. The van der Waals surface area contributed by atoms with E-state index in [0.717, 1.165) is 30.8 Å². The number of aryl methyl sites for hydroxylation is 2. The SMILES string of the molecule is CC(C)CCn1nc2n(c1=O)CCC(NC(=O)c1cccc(N3CCCC3=O)c1)CC2. The molecule has 1 unspecified atom stereocenters. The van der Waals surface area contributed by atoms with Crippen molar-refractivity contribution >= 4 is 17.5 Å². The van der Waals surface area contributed by atoms with E-state index in [1.54, 1.807) is 26.3 Å². The molecule has 1 fully saturated rings. The summed E-state index contributed by atoms with van der Waals surface area (Å²) in [6.45, 7) is 6.18. The second kappa shape index (κ2) is 9.08. The van der Waals surface area contributed by atoms with E-state index in [-0.39, 0.29) is 23.5 Å². The van der Waals surface area contributed by atoms with Crippen molar-refractivity contribution in [3.8, 4) is 0 Å². The van der Waals surface area contributed by atoms with E-state index in [1.807, 2.05) is 12.1 Å². The molecule has 166 valence electrons. The van der Waals surface area contributed by atoms with Gasteiger partial charge in [-0.1, -0.05) is 19.9 Å². The van der Waals surface area contributed by atoms with Crippen molar-refractivity contribution in [3.63, 3.8) is 0 Å². The number of hydrogen-bond acceptors (Lipinski definition) is 4. The predicted octanol–water partition coefficient (Wildman–Crippen LogP) is 2.35. The minimum atomic E-state index is -0.146. The fourth-order valence-electron chi connectivity index (χ4n) is 4.30. The Hall–Kier alpha value is -2.90. The highest BCUT2D eigenvalue weighted by Gasteiger charge is 2.24. The fraction of sp³-hybridized carbons (Fsp3) is 0.565. The largest absolute Gasteiger partial charge is 0.349 e. The Morgan fingerprint density at radius 2 is 2.03 bits per heavy atom. The first-order valence-electron chi connectivity index (χ1n) is 11.3. The van der Waals surface area contributed by atoms with Crippen LogP contribution in [0.1, 0.15) is 62.1 Å². The van der Waals surface area contributed by atoms with Crippen LogP contribution in [0.4, 0.5) is 5.69 Å². The predicted molar refractivity (Wildman–Crippen MR) is 118 cm³/mol. The maximum absolute atomic E-state index is 12.9. The van der Waals surface area contributed by atoms with Gasteiger partial charge in [-0.15, -0.1) is 0 Å². The number of benzene rings is 1. The molecule has 0 saturated carbocycles. The van der Waals surface area contributed by atoms with E-state index >= 15 is 0 Å². The Labute approximate surface area is 182 Å². The van der Waals surface area contributed by atoms with Crippen LogP contribution in [-0.4, -0.2) is 38.7 Å². The zero-order valence-corrected chi connectivity index (χ0v) is 18.3. The molecule has 1 aromatic heterocycles. The van der Waals surface area contributed by atoms with Gasteiger partial charge < -0.3 is 10.2 Å². The van der Waals surface area contributed by atoms with Gasteiger partial charge in [0, 0.05) is 49.8 Å². The smallest absolute Gasteiger partial charge is 0.345 e. The van der Waals surface area contributed by atoms with Crippen molar-refractivity contribution < 1.29 is 9.59 Å². The van der Waals surface area contributed by atoms with Crippen molar-refractivity contribution in [2.45, 2.75) is 71.5 Å². The number of amides is 2. The van der Waals surface area contributed by atoms with Crippen LogP contribution >= 0.6 is 0 Å². The topological polar surface area (TPSA) is 89.2 Å². The first kappa shape index (κ1) is 21.3. The Morgan fingerprint density at radius 3 is 2.77 bits per heavy atom. The zero-order chi connectivity index (χ0) is 22.0. The average molecular weight is 426 g/mol. The van der Waals surface area contributed by atoms with E-state index in [1.165, 1.54) is 0 Å². The molecule has 0 bridgehead atoms. The summed E-state index contributed by atoms with van der Waals surface area (Å²) in [7, 11) is 0. The van der Waals surface area contributed by atoms with E-state index in [0.29, 0.717) is 50.4 Å². The van der Waals surface area contributed by atoms with Gasteiger partial charge in [-0.2, -0.15) is 5.10 Å². The summed E-state index contributed by atoms with van der Waals surface area (Å²) in [5.41, 5.74) is 1.28. The summed E-state index contributed by atoms with van der Waals surface area (Å²) in [6, 6.07) is 7.23. The van der Waals surface area contributed by atoms with E-state index in [9.17, 15) is 14.4 Å². The second-order valence-electron chi connectivity index (χ2n) is 8.95. The maximum Gasteiger partial charge on any atom is 0.345 e. The molecular formula is C23H31N5O3. The van der Waals surface area contributed by atoms with Crippen LogP contribution in [0.5, 0.6) is 0 Å². The summed E-state index contributed by atoms with van der Waals surface area (Å²) in [5, 5.41) is 7.64. The van der Waals surface area contributed by atoms with Gasteiger partial charge in [-0.05, 0) is 49.8 Å². The molecule has 3 heterocycles. The molecule has 2 aliphatic heterocycles. The Bertz CT molecular complexity index is 1020. The van der Waals surface area contributed by atoms with Crippen molar-refractivity contribution in [2.75, 3.05) is 11.4 Å². The van der Waals surface area contributed by atoms with Crippen molar-refractivity contribution in [1.29, 1.82) is 0 Å². The summed E-state index contributed by atoms with van der Waals surface area (Å²) in [6.07, 6.45) is 4.45. The molecule has 8 heteroatoms. The molecule has 2 aliphatic rings. The van der Waals surface area contributed by atoms with Gasteiger partial charge in [0.15, 0.2) is 0 Å². The van der Waals surface area contributed by atoms with E-state index < -0.39 is 0 Å². The summed E-state index contributed by atoms with van der Waals surface area (Å²) in [4.78, 5) is 39.3. The highest BCUT2D eigenvalue weighted by atomic mass is 16.2. The number of aromatic nitrogens is 3. The zero-order valence-electron chi connectivity index (χ0n) is 18.3. The number of fused-ring (bicyclic) bond motifs is 1. The molecule has 2 amide bonds. The lowest BCUT2D eigenvalue weighted by atomic mass is 10.1. The Morgan fingerprint density at radius 1 is 1.19 bits per heavy atom. The van der Waals surface area contributed by atoms with Gasteiger partial charge in [-0.25, -0.2) is 9.48 Å². The number of nitrogens with zero attached hydrogens (tertiary/aromatic N) is 4. The van der Waals surface area contributed by atoms with E-state index in [2.05, 4.69) is 24.3 Å². The van der Waals surface area contributed by atoms with Crippen molar-refractivity contribution in [3.05, 3.63) is 46.1 Å². The summed E-state index contributed by atoms with van der Waals surface area (Å²) in [5.74, 6) is 1.29. The standard InChI is InChI=1S/C23H31N5O3/c1-16(2)10-14-28-23(31)27-13-11-18(8-9-20(27)25-28)24-22(30)17-5-3-6-19(15-17)26-12-4-7-21(26)29/h3,5-6,15-16,18H,4,7-14H2,1-2H3,(H,24,30). The normalized spacial score (nSPS) is 18.9. The second-order valence-corrected chi connectivity index (χ2v) is 8.95. The molecular weight excluding hydrogens is 394 g/mol. The highest BCUT2D eigenvalue weighted by Crippen LogP contribution is 2.22. The molecule has 1 saturated heterocycles. The average Bonchev–Trinajstić information content (AvgIpc) is 3.24. The molecule has 0 spiro atoms. The highest BCUT2D eigenvalue weighted by molar-refractivity contribution is 5.99.